The molecule has 0 amide bonds. The van der Waals surface area contributed by atoms with Crippen molar-refractivity contribution in [1.82, 2.24) is 10.3 Å². The Balaban J connectivity index is 2.68. The summed E-state index contributed by atoms with van der Waals surface area (Å²) < 4.78 is 0. The molecule has 0 unspecified atom stereocenters. The van der Waals surface area contributed by atoms with E-state index in [-0.39, 0.29) is 0 Å². The first-order chi connectivity index (χ1) is 6.63. The standard InChI is InChI=1S/C9H12ClN3S/c1-3-11-9(14)13-8-4-6(2)7(10)5-12-8/h4-5H,3H2,1-2H3,(H2,11,12,13,14). The Morgan fingerprint density at radius 3 is 2.93 bits per heavy atom. The van der Waals surface area contributed by atoms with Crippen LogP contribution in [0.3, 0.4) is 0 Å². The van der Waals surface area contributed by atoms with E-state index in [9.17, 15) is 0 Å². The lowest BCUT2D eigenvalue weighted by atomic mass is 10.3. The van der Waals surface area contributed by atoms with E-state index >= 15 is 0 Å². The second-order valence-corrected chi connectivity index (χ2v) is 3.62. The molecule has 76 valence electrons. The molecule has 0 spiro atoms. The second kappa shape index (κ2) is 5.12. The number of thiocarbonyl (C=S) groups is 1. The summed E-state index contributed by atoms with van der Waals surface area (Å²) in [4.78, 5) is 4.09. The monoisotopic (exact) mass is 229 g/mol. The van der Waals surface area contributed by atoms with E-state index in [1.54, 1.807) is 6.20 Å². The number of nitrogens with zero attached hydrogens (tertiary/aromatic N) is 1. The zero-order valence-corrected chi connectivity index (χ0v) is 9.67. The van der Waals surface area contributed by atoms with Crippen molar-refractivity contribution < 1.29 is 0 Å². The molecule has 0 atom stereocenters. The minimum absolute atomic E-state index is 0.571. The normalized spacial score (nSPS) is 9.64. The summed E-state index contributed by atoms with van der Waals surface area (Å²) in [5.41, 5.74) is 0.975. The topological polar surface area (TPSA) is 37.0 Å². The van der Waals surface area contributed by atoms with Crippen LogP contribution < -0.4 is 10.6 Å². The highest BCUT2D eigenvalue weighted by molar-refractivity contribution is 7.80. The number of anilines is 1. The summed E-state index contributed by atoms with van der Waals surface area (Å²) in [7, 11) is 0. The third-order valence-corrected chi connectivity index (χ3v) is 2.27. The summed E-state index contributed by atoms with van der Waals surface area (Å²) in [5, 5.41) is 7.17. The predicted molar refractivity (Wildman–Crippen MR) is 63.9 cm³/mol. The lowest BCUT2D eigenvalue weighted by Crippen LogP contribution is -2.28. The average Bonchev–Trinajstić information content (AvgIpc) is 2.12. The Kier molecular flexibility index (Phi) is 4.10. The fourth-order valence-electron chi connectivity index (χ4n) is 0.929. The van der Waals surface area contributed by atoms with Crippen LogP contribution in [0.2, 0.25) is 5.02 Å². The van der Waals surface area contributed by atoms with Gasteiger partial charge >= 0.3 is 0 Å². The number of nitrogens with one attached hydrogen (secondary N) is 2. The molecule has 0 saturated carbocycles. The molecule has 0 aliphatic heterocycles. The van der Waals surface area contributed by atoms with Crippen LogP contribution in [-0.2, 0) is 0 Å². The SMILES string of the molecule is CCNC(=S)Nc1cc(C)c(Cl)cn1. The first-order valence-electron chi connectivity index (χ1n) is 4.30. The van der Waals surface area contributed by atoms with Crippen molar-refractivity contribution in [3.8, 4) is 0 Å². The Hall–Kier alpha value is -0.870. The average molecular weight is 230 g/mol. The highest BCUT2D eigenvalue weighted by Gasteiger charge is 2.00. The van der Waals surface area contributed by atoms with E-state index in [1.165, 1.54) is 0 Å². The largest absolute Gasteiger partial charge is 0.363 e. The molecule has 0 bridgehead atoms. The zero-order valence-electron chi connectivity index (χ0n) is 8.10. The molecule has 0 aliphatic rings. The Labute approximate surface area is 93.9 Å². The molecule has 0 radical (unpaired) electrons. The number of hydrogen-bond donors (Lipinski definition) is 2. The molecule has 0 fully saturated rings. The fourth-order valence-corrected chi connectivity index (χ4v) is 1.28. The van der Waals surface area contributed by atoms with Gasteiger partial charge in [0.25, 0.3) is 0 Å². The molecule has 0 aromatic carbocycles. The maximum Gasteiger partial charge on any atom is 0.171 e. The summed E-state index contributed by atoms with van der Waals surface area (Å²) in [6.07, 6.45) is 1.60. The molecule has 14 heavy (non-hydrogen) atoms. The van der Waals surface area contributed by atoms with Crippen LogP contribution in [0.15, 0.2) is 12.3 Å². The lowest BCUT2D eigenvalue weighted by Gasteiger charge is -2.08. The Bertz CT molecular complexity index is 341. The summed E-state index contributed by atoms with van der Waals surface area (Å²) in [6.45, 7) is 4.69. The lowest BCUT2D eigenvalue weighted by molar-refractivity contribution is 0.978. The van der Waals surface area contributed by atoms with Gasteiger partial charge in [-0.25, -0.2) is 4.98 Å². The molecule has 0 saturated heterocycles. The number of pyridine rings is 1. The fraction of sp³-hybridized carbons (Fsp3) is 0.333. The maximum atomic E-state index is 5.84. The minimum Gasteiger partial charge on any atom is -0.363 e. The first-order valence-corrected chi connectivity index (χ1v) is 5.09. The molecule has 3 nitrogen and oxygen atoms in total. The van der Waals surface area contributed by atoms with Crippen molar-refractivity contribution in [2.75, 3.05) is 11.9 Å². The molecule has 1 heterocycles. The van der Waals surface area contributed by atoms with Crippen LogP contribution in [0.25, 0.3) is 0 Å². The van der Waals surface area contributed by atoms with Crippen molar-refractivity contribution >= 4 is 34.7 Å². The molecule has 1 aromatic rings. The molecular formula is C9H12ClN3S. The van der Waals surface area contributed by atoms with Crippen molar-refractivity contribution in [2.45, 2.75) is 13.8 Å². The van der Waals surface area contributed by atoms with Crippen LogP contribution in [0.1, 0.15) is 12.5 Å². The van der Waals surface area contributed by atoms with Gasteiger partial charge in [0.05, 0.1) is 5.02 Å². The van der Waals surface area contributed by atoms with Crippen LogP contribution in [0.4, 0.5) is 5.82 Å². The third-order valence-electron chi connectivity index (χ3n) is 1.63. The van der Waals surface area contributed by atoms with Crippen LogP contribution in [0.5, 0.6) is 0 Å². The van der Waals surface area contributed by atoms with E-state index in [4.69, 9.17) is 23.8 Å². The van der Waals surface area contributed by atoms with Gasteiger partial charge in [-0.05, 0) is 37.7 Å². The number of hydrogen-bond acceptors (Lipinski definition) is 2. The molecular weight excluding hydrogens is 218 g/mol. The second-order valence-electron chi connectivity index (χ2n) is 2.80. The van der Waals surface area contributed by atoms with Gasteiger partial charge in [-0.3, -0.25) is 0 Å². The smallest absolute Gasteiger partial charge is 0.171 e. The van der Waals surface area contributed by atoms with Gasteiger partial charge in [0.2, 0.25) is 0 Å². The van der Waals surface area contributed by atoms with E-state index in [0.717, 1.165) is 12.1 Å². The highest BCUT2D eigenvalue weighted by Crippen LogP contribution is 2.16. The molecule has 1 rings (SSSR count). The van der Waals surface area contributed by atoms with Gasteiger partial charge in [-0.15, -0.1) is 0 Å². The van der Waals surface area contributed by atoms with Gasteiger partial charge in [0.1, 0.15) is 5.82 Å². The van der Waals surface area contributed by atoms with Crippen LogP contribution in [0, 0.1) is 6.92 Å². The van der Waals surface area contributed by atoms with Crippen molar-refractivity contribution in [3.63, 3.8) is 0 Å². The van der Waals surface area contributed by atoms with Gasteiger partial charge in [0.15, 0.2) is 5.11 Å². The quantitative estimate of drug-likeness (QED) is 0.764. The van der Waals surface area contributed by atoms with E-state index in [2.05, 4.69) is 15.6 Å². The molecule has 5 heteroatoms. The van der Waals surface area contributed by atoms with Crippen LogP contribution >= 0.6 is 23.8 Å². The van der Waals surface area contributed by atoms with E-state index < -0.39 is 0 Å². The summed E-state index contributed by atoms with van der Waals surface area (Å²) >= 11 is 10.9. The van der Waals surface area contributed by atoms with Crippen molar-refractivity contribution in [1.29, 1.82) is 0 Å². The first kappa shape index (κ1) is 11.2. The minimum atomic E-state index is 0.571. The number of rotatable bonds is 2. The predicted octanol–water partition coefficient (Wildman–Crippen LogP) is 2.35. The van der Waals surface area contributed by atoms with Gasteiger partial charge in [-0.2, -0.15) is 0 Å². The molecule has 1 aromatic heterocycles. The van der Waals surface area contributed by atoms with Crippen molar-refractivity contribution in [3.05, 3.63) is 22.8 Å². The van der Waals surface area contributed by atoms with Crippen LogP contribution in [-0.4, -0.2) is 16.6 Å². The number of aromatic nitrogens is 1. The Morgan fingerprint density at radius 2 is 2.36 bits per heavy atom. The van der Waals surface area contributed by atoms with E-state index in [1.807, 2.05) is 19.9 Å². The number of halogens is 1. The van der Waals surface area contributed by atoms with Gasteiger partial charge < -0.3 is 10.6 Å². The molecule has 2 N–H and O–H groups in total. The Morgan fingerprint density at radius 1 is 1.64 bits per heavy atom. The van der Waals surface area contributed by atoms with Gasteiger partial charge in [0, 0.05) is 12.7 Å². The maximum absolute atomic E-state index is 5.84. The highest BCUT2D eigenvalue weighted by atomic mass is 35.5. The van der Waals surface area contributed by atoms with Gasteiger partial charge in [-0.1, -0.05) is 11.6 Å². The van der Waals surface area contributed by atoms with Crippen molar-refractivity contribution in [2.24, 2.45) is 0 Å². The van der Waals surface area contributed by atoms with E-state index in [0.29, 0.717) is 16.0 Å². The summed E-state index contributed by atoms with van der Waals surface area (Å²) in [6, 6.07) is 1.85. The summed E-state index contributed by atoms with van der Waals surface area (Å²) in [5.74, 6) is 0.706. The zero-order chi connectivity index (χ0) is 10.6. The molecule has 0 aliphatic carbocycles. The number of aryl methyl sites for hydroxylation is 1. The third kappa shape index (κ3) is 3.12.